The van der Waals surface area contributed by atoms with E-state index in [1.165, 1.54) is 40.7 Å². The first-order chi connectivity index (χ1) is 11.9. The van der Waals surface area contributed by atoms with Crippen LogP contribution in [0.25, 0.3) is 17.0 Å². The number of allylic oxidation sites excluding steroid dienone is 1. The number of pyridine rings is 1. The maximum absolute atomic E-state index is 4.61. The first-order valence-electron chi connectivity index (χ1n) is 8.80. The molecule has 2 aromatic heterocycles. The fourth-order valence-corrected chi connectivity index (χ4v) is 4.17. The molecule has 1 aromatic carbocycles. The van der Waals surface area contributed by atoms with E-state index in [2.05, 4.69) is 69.2 Å². The number of benzene rings is 1. The second-order valence-corrected chi connectivity index (χ2v) is 6.92. The molecule has 5 rings (SSSR count). The Bertz CT molecular complexity index is 907. The number of hydrogen-bond acceptors (Lipinski definition) is 2. The molecule has 0 N–H and O–H groups in total. The highest BCUT2D eigenvalue weighted by atomic mass is 15.2. The average molecular weight is 315 g/mol. The highest BCUT2D eigenvalue weighted by Crippen LogP contribution is 2.32. The van der Waals surface area contributed by atoms with E-state index in [0.29, 0.717) is 6.04 Å². The second-order valence-electron chi connectivity index (χ2n) is 6.92. The predicted octanol–water partition coefficient (Wildman–Crippen LogP) is 4.05. The Labute approximate surface area is 142 Å². The minimum Gasteiger partial charge on any atom is -0.342 e. The molecular formula is C21H21N3. The van der Waals surface area contributed by atoms with Gasteiger partial charge in [0.25, 0.3) is 0 Å². The van der Waals surface area contributed by atoms with Gasteiger partial charge in [0.05, 0.1) is 11.2 Å². The third-order valence-electron chi connectivity index (χ3n) is 5.36. The van der Waals surface area contributed by atoms with E-state index in [4.69, 9.17) is 0 Å². The maximum atomic E-state index is 4.61. The van der Waals surface area contributed by atoms with Gasteiger partial charge in [0.2, 0.25) is 0 Å². The average Bonchev–Trinajstić information content (AvgIpc) is 3.33. The summed E-state index contributed by atoms with van der Waals surface area (Å²) in [5.41, 5.74) is 5.34. The minimum atomic E-state index is 0.562. The van der Waals surface area contributed by atoms with E-state index in [1.807, 2.05) is 6.20 Å². The highest BCUT2D eigenvalue weighted by Gasteiger charge is 2.26. The number of rotatable bonds is 3. The zero-order chi connectivity index (χ0) is 15.9. The van der Waals surface area contributed by atoms with E-state index in [9.17, 15) is 0 Å². The van der Waals surface area contributed by atoms with Crippen LogP contribution in [0.2, 0.25) is 0 Å². The van der Waals surface area contributed by atoms with Crippen molar-refractivity contribution in [2.24, 2.45) is 0 Å². The minimum absolute atomic E-state index is 0.562. The molecule has 1 unspecified atom stereocenters. The number of aromatic nitrogens is 2. The highest BCUT2D eigenvalue weighted by molar-refractivity contribution is 5.90. The van der Waals surface area contributed by atoms with Crippen molar-refractivity contribution in [1.82, 2.24) is 14.5 Å². The lowest BCUT2D eigenvalue weighted by Gasteiger charge is -2.18. The number of likely N-dealkylation sites (tertiary alicyclic amines) is 1. The molecule has 1 aliphatic carbocycles. The molecule has 120 valence electrons. The fourth-order valence-electron chi connectivity index (χ4n) is 4.17. The maximum Gasteiger partial charge on any atom is 0.0590 e. The Hall–Kier alpha value is -2.39. The quantitative estimate of drug-likeness (QED) is 0.727. The van der Waals surface area contributed by atoms with Crippen molar-refractivity contribution < 1.29 is 0 Å². The van der Waals surface area contributed by atoms with Gasteiger partial charge in [-0.1, -0.05) is 42.5 Å². The van der Waals surface area contributed by atoms with E-state index in [0.717, 1.165) is 19.5 Å². The Morgan fingerprint density at radius 3 is 2.96 bits per heavy atom. The van der Waals surface area contributed by atoms with Crippen molar-refractivity contribution in [2.75, 3.05) is 13.1 Å². The smallest absolute Gasteiger partial charge is 0.0590 e. The van der Waals surface area contributed by atoms with Crippen LogP contribution in [0.5, 0.6) is 0 Å². The van der Waals surface area contributed by atoms with Crippen molar-refractivity contribution in [3.63, 3.8) is 0 Å². The Balaban J connectivity index is 1.43. The SMILES string of the molecule is C1=Cc2c(ncc3ccn(C4CCN(Cc5ccccc5)C4)c23)C1. The normalized spacial score (nSPS) is 20.1. The van der Waals surface area contributed by atoms with Crippen molar-refractivity contribution in [3.8, 4) is 0 Å². The molecule has 1 fully saturated rings. The lowest BCUT2D eigenvalue weighted by molar-refractivity contribution is 0.317. The van der Waals surface area contributed by atoms with Crippen molar-refractivity contribution in [3.05, 3.63) is 71.7 Å². The Morgan fingerprint density at radius 2 is 2.04 bits per heavy atom. The summed E-state index contributed by atoms with van der Waals surface area (Å²) in [5.74, 6) is 0. The van der Waals surface area contributed by atoms with Crippen LogP contribution in [-0.2, 0) is 13.0 Å². The van der Waals surface area contributed by atoms with Crippen LogP contribution in [0.1, 0.15) is 29.3 Å². The summed E-state index contributed by atoms with van der Waals surface area (Å²) in [4.78, 5) is 7.18. The molecule has 3 aromatic rings. The molecular weight excluding hydrogens is 294 g/mol. The predicted molar refractivity (Wildman–Crippen MR) is 97.8 cm³/mol. The van der Waals surface area contributed by atoms with Gasteiger partial charge in [0, 0.05) is 55.4 Å². The van der Waals surface area contributed by atoms with Crippen LogP contribution in [0.15, 0.2) is 54.9 Å². The molecule has 1 aliphatic heterocycles. The van der Waals surface area contributed by atoms with Crippen LogP contribution < -0.4 is 0 Å². The summed E-state index contributed by atoms with van der Waals surface area (Å²) in [7, 11) is 0. The van der Waals surface area contributed by atoms with Crippen LogP contribution in [0.3, 0.4) is 0 Å². The van der Waals surface area contributed by atoms with E-state index < -0.39 is 0 Å². The topological polar surface area (TPSA) is 21.1 Å². The molecule has 0 bridgehead atoms. The molecule has 3 nitrogen and oxygen atoms in total. The summed E-state index contributed by atoms with van der Waals surface area (Å²) in [5, 5.41) is 1.27. The van der Waals surface area contributed by atoms with Gasteiger partial charge in [-0.25, -0.2) is 0 Å². The van der Waals surface area contributed by atoms with Gasteiger partial charge in [-0.05, 0) is 18.1 Å². The van der Waals surface area contributed by atoms with Crippen molar-refractivity contribution in [2.45, 2.75) is 25.4 Å². The van der Waals surface area contributed by atoms with Crippen LogP contribution in [-0.4, -0.2) is 27.5 Å². The molecule has 2 aliphatic rings. The summed E-state index contributed by atoms with van der Waals surface area (Å²) >= 11 is 0. The summed E-state index contributed by atoms with van der Waals surface area (Å²) in [6.45, 7) is 3.35. The Kier molecular flexibility index (Phi) is 3.27. The third kappa shape index (κ3) is 2.28. The van der Waals surface area contributed by atoms with Crippen molar-refractivity contribution in [1.29, 1.82) is 0 Å². The summed E-state index contributed by atoms with van der Waals surface area (Å²) in [6, 6.07) is 13.6. The third-order valence-corrected chi connectivity index (χ3v) is 5.36. The molecule has 0 spiro atoms. The zero-order valence-electron chi connectivity index (χ0n) is 13.7. The standard InChI is InChI=1S/C21H21N3/c1-2-5-16(6-3-1)14-23-11-10-18(15-23)24-12-9-17-13-22-20-8-4-7-19(20)21(17)24/h1-7,9,12-13,18H,8,10-11,14-15H2. The lowest BCUT2D eigenvalue weighted by atomic mass is 10.1. The Morgan fingerprint density at radius 1 is 1.12 bits per heavy atom. The van der Waals surface area contributed by atoms with E-state index in [-0.39, 0.29) is 0 Å². The molecule has 0 saturated carbocycles. The van der Waals surface area contributed by atoms with Gasteiger partial charge in [-0.3, -0.25) is 9.88 Å². The van der Waals surface area contributed by atoms with Gasteiger partial charge in [0.15, 0.2) is 0 Å². The van der Waals surface area contributed by atoms with Gasteiger partial charge in [-0.2, -0.15) is 0 Å². The number of hydrogen-bond donors (Lipinski definition) is 0. The second kappa shape index (κ2) is 5.60. The molecule has 1 atom stereocenters. The van der Waals surface area contributed by atoms with Crippen LogP contribution in [0, 0.1) is 0 Å². The van der Waals surface area contributed by atoms with Crippen molar-refractivity contribution >= 4 is 17.0 Å². The number of fused-ring (bicyclic) bond motifs is 3. The molecule has 24 heavy (non-hydrogen) atoms. The first-order valence-corrected chi connectivity index (χ1v) is 8.80. The fraction of sp³-hybridized carbons (Fsp3) is 0.286. The molecule has 0 amide bonds. The van der Waals surface area contributed by atoms with E-state index in [1.54, 1.807) is 0 Å². The van der Waals surface area contributed by atoms with Crippen LogP contribution >= 0.6 is 0 Å². The summed E-state index contributed by atoms with van der Waals surface area (Å²) in [6.07, 6.45) is 11.0. The molecule has 3 heterocycles. The largest absolute Gasteiger partial charge is 0.342 e. The first kappa shape index (κ1) is 14.0. The zero-order valence-corrected chi connectivity index (χ0v) is 13.7. The van der Waals surface area contributed by atoms with Gasteiger partial charge in [-0.15, -0.1) is 0 Å². The van der Waals surface area contributed by atoms with Gasteiger partial charge in [0.1, 0.15) is 0 Å². The summed E-state index contributed by atoms with van der Waals surface area (Å²) < 4.78 is 2.50. The molecule has 3 heteroatoms. The monoisotopic (exact) mass is 315 g/mol. The van der Waals surface area contributed by atoms with Gasteiger partial charge >= 0.3 is 0 Å². The van der Waals surface area contributed by atoms with Gasteiger partial charge < -0.3 is 4.57 Å². The van der Waals surface area contributed by atoms with Crippen LogP contribution in [0.4, 0.5) is 0 Å². The number of nitrogens with zero attached hydrogens (tertiary/aromatic N) is 3. The molecule has 0 radical (unpaired) electrons. The lowest BCUT2D eigenvalue weighted by Crippen LogP contribution is -2.21. The molecule has 1 saturated heterocycles. The van der Waals surface area contributed by atoms with E-state index >= 15 is 0 Å².